The lowest BCUT2D eigenvalue weighted by molar-refractivity contribution is 0.0269. The summed E-state index contributed by atoms with van der Waals surface area (Å²) in [5.74, 6) is 0.859. The van der Waals surface area contributed by atoms with Crippen molar-refractivity contribution in [2.75, 3.05) is 19.6 Å². The Labute approximate surface area is 156 Å². The first-order valence-corrected chi connectivity index (χ1v) is 9.27. The molecular formula is C20H32N2O4. The lowest BCUT2D eigenvalue weighted by Crippen LogP contribution is -2.36. The van der Waals surface area contributed by atoms with Crippen molar-refractivity contribution >= 4 is 6.09 Å². The van der Waals surface area contributed by atoms with Gasteiger partial charge in [0.05, 0.1) is 18.8 Å². The highest BCUT2D eigenvalue weighted by Crippen LogP contribution is 2.21. The van der Waals surface area contributed by atoms with E-state index >= 15 is 0 Å². The maximum Gasteiger partial charge on any atom is 0.410 e. The number of ether oxygens (including phenoxy) is 2. The summed E-state index contributed by atoms with van der Waals surface area (Å²) in [7, 11) is 0. The molecule has 1 amide bonds. The minimum atomic E-state index is -0.544. The zero-order chi connectivity index (χ0) is 19.3. The fourth-order valence-corrected chi connectivity index (χ4v) is 2.94. The first-order valence-electron chi connectivity index (χ1n) is 9.27. The van der Waals surface area contributed by atoms with E-state index in [1.807, 2.05) is 58.9 Å². The molecule has 0 aromatic heterocycles. The highest BCUT2D eigenvalue weighted by molar-refractivity contribution is 5.68. The van der Waals surface area contributed by atoms with E-state index < -0.39 is 11.7 Å². The summed E-state index contributed by atoms with van der Waals surface area (Å²) in [6.07, 6.45) is -0.790. The monoisotopic (exact) mass is 364 g/mol. The van der Waals surface area contributed by atoms with Crippen molar-refractivity contribution in [3.63, 3.8) is 0 Å². The number of hydrogen-bond donors (Lipinski definition) is 2. The first-order chi connectivity index (χ1) is 12.2. The summed E-state index contributed by atoms with van der Waals surface area (Å²) < 4.78 is 11.2. The zero-order valence-corrected chi connectivity index (χ0v) is 16.5. The first kappa shape index (κ1) is 20.5. The molecule has 6 heteroatoms. The van der Waals surface area contributed by atoms with E-state index in [-0.39, 0.29) is 18.1 Å². The largest absolute Gasteiger partial charge is 0.491 e. The number of carbonyl (C=O) groups is 1. The predicted molar refractivity (Wildman–Crippen MR) is 101 cm³/mol. The molecule has 0 unspecified atom stereocenters. The van der Waals surface area contributed by atoms with Crippen molar-refractivity contribution in [3.05, 3.63) is 29.8 Å². The summed E-state index contributed by atoms with van der Waals surface area (Å²) in [6.45, 7) is 11.6. The number of aliphatic hydroxyl groups is 1. The minimum Gasteiger partial charge on any atom is -0.491 e. The fourth-order valence-electron chi connectivity index (χ4n) is 2.94. The number of carbonyl (C=O) groups excluding carboxylic acids is 1. The van der Waals surface area contributed by atoms with E-state index in [9.17, 15) is 9.90 Å². The van der Waals surface area contributed by atoms with Crippen LogP contribution in [0.15, 0.2) is 24.3 Å². The van der Waals surface area contributed by atoms with Crippen molar-refractivity contribution in [1.82, 2.24) is 10.2 Å². The van der Waals surface area contributed by atoms with Crippen LogP contribution in [0, 0.1) is 5.92 Å². The molecule has 0 saturated carbocycles. The molecule has 0 bridgehead atoms. The third-order valence-electron chi connectivity index (χ3n) is 4.12. The Kier molecular flexibility index (Phi) is 6.89. The van der Waals surface area contributed by atoms with E-state index in [2.05, 4.69) is 5.32 Å². The molecule has 1 heterocycles. The molecule has 1 fully saturated rings. The second kappa shape index (κ2) is 8.73. The summed E-state index contributed by atoms with van der Waals surface area (Å²) in [4.78, 5) is 13.7. The van der Waals surface area contributed by atoms with Gasteiger partial charge in [-0.3, -0.25) is 0 Å². The SMILES string of the molecule is CC(C)Oc1ccccc1CNC[C@H]1CN(C(=O)OC(C)(C)C)C[C@H]1O. The number of nitrogens with one attached hydrogen (secondary N) is 1. The van der Waals surface area contributed by atoms with E-state index in [1.165, 1.54) is 0 Å². The topological polar surface area (TPSA) is 71.0 Å². The Hall–Kier alpha value is -1.79. The number of hydrogen-bond acceptors (Lipinski definition) is 5. The number of rotatable bonds is 6. The molecule has 0 radical (unpaired) electrons. The summed E-state index contributed by atoms with van der Waals surface area (Å²) >= 11 is 0. The van der Waals surface area contributed by atoms with Gasteiger partial charge in [0.25, 0.3) is 0 Å². The van der Waals surface area contributed by atoms with Gasteiger partial charge in [-0.1, -0.05) is 18.2 Å². The van der Waals surface area contributed by atoms with Crippen LogP contribution < -0.4 is 10.1 Å². The van der Waals surface area contributed by atoms with Crippen LogP contribution in [0.4, 0.5) is 4.79 Å². The molecule has 1 aromatic rings. The van der Waals surface area contributed by atoms with Gasteiger partial charge in [0.15, 0.2) is 0 Å². The van der Waals surface area contributed by atoms with Gasteiger partial charge in [0.2, 0.25) is 0 Å². The summed E-state index contributed by atoms with van der Waals surface area (Å²) in [5, 5.41) is 13.6. The van der Waals surface area contributed by atoms with Gasteiger partial charge in [-0.15, -0.1) is 0 Å². The van der Waals surface area contributed by atoms with Crippen molar-refractivity contribution in [3.8, 4) is 5.75 Å². The van der Waals surface area contributed by atoms with Crippen molar-refractivity contribution < 1.29 is 19.4 Å². The quantitative estimate of drug-likeness (QED) is 0.812. The van der Waals surface area contributed by atoms with Crippen LogP contribution in [0.5, 0.6) is 5.75 Å². The Morgan fingerprint density at radius 2 is 2.00 bits per heavy atom. The van der Waals surface area contributed by atoms with E-state index in [0.717, 1.165) is 11.3 Å². The Morgan fingerprint density at radius 1 is 1.31 bits per heavy atom. The predicted octanol–water partition coefficient (Wildman–Crippen LogP) is 2.79. The van der Waals surface area contributed by atoms with Crippen molar-refractivity contribution in [2.45, 2.75) is 59.0 Å². The van der Waals surface area contributed by atoms with Crippen molar-refractivity contribution in [2.24, 2.45) is 5.92 Å². The third kappa shape index (κ3) is 6.18. The summed E-state index contributed by atoms with van der Waals surface area (Å²) in [6, 6.07) is 7.94. The standard InChI is InChI=1S/C20H32N2O4/c1-14(2)25-18-9-7-6-8-15(18)10-21-11-16-12-22(13-17(16)23)19(24)26-20(3,4)5/h6-9,14,16-17,21,23H,10-13H2,1-5H3/t16-,17+/m0/s1. The highest BCUT2D eigenvalue weighted by Gasteiger charge is 2.35. The molecule has 1 aliphatic rings. The van der Waals surface area contributed by atoms with E-state index in [1.54, 1.807) is 4.90 Å². The number of likely N-dealkylation sites (tertiary alicyclic amines) is 1. The average Bonchev–Trinajstić information content (AvgIpc) is 2.88. The number of amides is 1. The molecule has 1 aromatic carbocycles. The zero-order valence-electron chi connectivity index (χ0n) is 16.5. The number of β-amino-alcohol motifs (C(OH)–C–C–N with tert-alkyl or cyclic N) is 1. The van der Waals surface area contributed by atoms with Gasteiger partial charge < -0.3 is 24.8 Å². The maximum atomic E-state index is 12.2. The molecule has 6 nitrogen and oxygen atoms in total. The van der Waals surface area contributed by atoms with Crippen LogP contribution in [0.3, 0.4) is 0 Å². The number of aliphatic hydroxyl groups excluding tert-OH is 1. The average molecular weight is 364 g/mol. The summed E-state index contributed by atoms with van der Waals surface area (Å²) in [5.41, 5.74) is 0.552. The lowest BCUT2D eigenvalue weighted by atomic mass is 10.1. The lowest BCUT2D eigenvalue weighted by Gasteiger charge is -2.24. The molecule has 2 N–H and O–H groups in total. The van der Waals surface area contributed by atoms with Crippen molar-refractivity contribution in [1.29, 1.82) is 0 Å². The molecule has 0 aliphatic carbocycles. The molecule has 26 heavy (non-hydrogen) atoms. The number of para-hydroxylation sites is 1. The minimum absolute atomic E-state index is 0.0132. The molecule has 146 valence electrons. The van der Waals surface area contributed by atoms with Gasteiger partial charge in [0, 0.05) is 31.1 Å². The number of benzene rings is 1. The van der Waals surface area contributed by atoms with Gasteiger partial charge in [-0.2, -0.15) is 0 Å². The van der Waals surface area contributed by atoms with Gasteiger partial charge in [-0.25, -0.2) is 4.79 Å². The molecular weight excluding hydrogens is 332 g/mol. The van der Waals surface area contributed by atoms with Crippen LogP contribution in [-0.4, -0.2) is 53.5 Å². The molecule has 1 saturated heterocycles. The molecule has 0 spiro atoms. The second-order valence-corrected chi connectivity index (χ2v) is 8.12. The van der Waals surface area contributed by atoms with Gasteiger partial charge >= 0.3 is 6.09 Å². The van der Waals surface area contributed by atoms with Crippen LogP contribution in [0.2, 0.25) is 0 Å². The fraction of sp³-hybridized carbons (Fsp3) is 0.650. The molecule has 2 atom stereocenters. The van der Waals surface area contributed by atoms with E-state index in [0.29, 0.717) is 26.2 Å². The Balaban J connectivity index is 1.84. The van der Waals surface area contributed by atoms with Gasteiger partial charge in [0.1, 0.15) is 11.4 Å². The number of nitrogens with zero attached hydrogens (tertiary/aromatic N) is 1. The second-order valence-electron chi connectivity index (χ2n) is 8.12. The van der Waals surface area contributed by atoms with Crippen LogP contribution in [-0.2, 0) is 11.3 Å². The van der Waals surface area contributed by atoms with Gasteiger partial charge in [-0.05, 0) is 40.7 Å². The normalized spacial score (nSPS) is 20.5. The van der Waals surface area contributed by atoms with Crippen LogP contribution in [0.1, 0.15) is 40.2 Å². The van der Waals surface area contributed by atoms with E-state index in [4.69, 9.17) is 9.47 Å². The smallest absolute Gasteiger partial charge is 0.410 e. The molecule has 2 rings (SSSR count). The van der Waals surface area contributed by atoms with Crippen LogP contribution >= 0.6 is 0 Å². The van der Waals surface area contributed by atoms with Crippen LogP contribution in [0.25, 0.3) is 0 Å². The Bertz CT molecular complexity index is 598. The highest BCUT2D eigenvalue weighted by atomic mass is 16.6. The maximum absolute atomic E-state index is 12.2. The Morgan fingerprint density at radius 3 is 2.65 bits per heavy atom. The molecule has 1 aliphatic heterocycles. The third-order valence-corrected chi connectivity index (χ3v) is 4.12.